The quantitative estimate of drug-likeness (QED) is 0.370. The molecule has 2 N–H and O–H groups in total. The fourth-order valence-electron chi connectivity index (χ4n) is 5.92. The van der Waals surface area contributed by atoms with Crippen molar-refractivity contribution in [3.8, 4) is 11.4 Å². The molecule has 0 unspecified atom stereocenters. The number of carbonyl (C=O) groups is 1. The molecule has 1 spiro atoms. The van der Waals surface area contributed by atoms with Gasteiger partial charge in [0.05, 0.1) is 23.3 Å². The molecule has 35 heavy (non-hydrogen) atoms. The lowest BCUT2D eigenvalue weighted by Gasteiger charge is -2.53. The predicted molar refractivity (Wildman–Crippen MR) is 131 cm³/mol. The van der Waals surface area contributed by atoms with E-state index in [1.165, 1.54) is 12.1 Å². The SMILES string of the molecule is CC1(C)CO[C@]2(C[C@@H](c3ccc(C(=O)O)cc3)C2)c2c1n(-c1ccc(F)cc1)c1cccc(O)c12. The smallest absolute Gasteiger partial charge is 0.335 e. The third kappa shape index (κ3) is 3.20. The van der Waals surface area contributed by atoms with Crippen LogP contribution in [0.15, 0.2) is 66.7 Å². The van der Waals surface area contributed by atoms with Crippen molar-refractivity contribution in [2.45, 2.75) is 43.6 Å². The van der Waals surface area contributed by atoms with Gasteiger partial charge in [0.2, 0.25) is 0 Å². The lowest BCUT2D eigenvalue weighted by molar-refractivity contribution is -0.143. The van der Waals surface area contributed by atoms with Gasteiger partial charge in [0.25, 0.3) is 0 Å². The molecular formula is C29H26FNO4. The summed E-state index contributed by atoms with van der Waals surface area (Å²) in [7, 11) is 0. The fraction of sp³-hybridized carbons (Fsp3) is 0.276. The second-order valence-electron chi connectivity index (χ2n) is 10.4. The van der Waals surface area contributed by atoms with E-state index in [1.54, 1.807) is 30.3 Å². The molecule has 4 aromatic rings. The highest BCUT2D eigenvalue weighted by molar-refractivity contribution is 5.94. The van der Waals surface area contributed by atoms with E-state index in [4.69, 9.17) is 4.74 Å². The number of aromatic nitrogens is 1. The minimum absolute atomic E-state index is 0.203. The van der Waals surface area contributed by atoms with Gasteiger partial charge in [-0.15, -0.1) is 0 Å². The van der Waals surface area contributed by atoms with Crippen molar-refractivity contribution in [1.29, 1.82) is 0 Å². The van der Waals surface area contributed by atoms with Crippen molar-refractivity contribution in [2.24, 2.45) is 0 Å². The van der Waals surface area contributed by atoms with Gasteiger partial charge in [-0.3, -0.25) is 0 Å². The van der Waals surface area contributed by atoms with Gasteiger partial charge >= 0.3 is 5.97 Å². The van der Waals surface area contributed by atoms with Gasteiger partial charge < -0.3 is 19.5 Å². The van der Waals surface area contributed by atoms with Crippen LogP contribution < -0.4 is 0 Å². The number of phenolic OH excluding ortho intramolecular Hbond substituents is 1. The second kappa shape index (κ2) is 7.43. The number of aromatic carboxylic acids is 1. The predicted octanol–water partition coefficient (Wildman–Crippen LogP) is 6.25. The Balaban J connectivity index is 1.51. The molecule has 1 aliphatic heterocycles. The number of fused-ring (bicyclic) bond motifs is 4. The normalized spacial score (nSPS) is 22.7. The lowest BCUT2D eigenvalue weighted by Crippen LogP contribution is -2.50. The second-order valence-corrected chi connectivity index (χ2v) is 10.4. The van der Waals surface area contributed by atoms with Crippen LogP contribution in [0.5, 0.6) is 5.75 Å². The highest BCUT2D eigenvalue weighted by atomic mass is 19.1. The van der Waals surface area contributed by atoms with Gasteiger partial charge in [-0.05, 0) is 72.9 Å². The molecule has 0 atom stereocenters. The molecule has 3 aromatic carbocycles. The van der Waals surface area contributed by atoms with E-state index < -0.39 is 11.6 Å². The zero-order valence-corrected chi connectivity index (χ0v) is 19.6. The Bertz CT molecular complexity index is 1460. The van der Waals surface area contributed by atoms with Gasteiger partial charge in [-0.1, -0.05) is 32.0 Å². The largest absolute Gasteiger partial charge is 0.507 e. The van der Waals surface area contributed by atoms with Crippen LogP contribution in [-0.4, -0.2) is 27.4 Å². The first-order chi connectivity index (χ1) is 16.7. The van der Waals surface area contributed by atoms with Crippen LogP contribution in [-0.2, 0) is 15.8 Å². The summed E-state index contributed by atoms with van der Waals surface area (Å²) in [6.07, 6.45) is 1.47. The average molecular weight is 472 g/mol. The molecule has 0 amide bonds. The van der Waals surface area contributed by atoms with Crippen LogP contribution >= 0.6 is 0 Å². The number of hydrogen-bond donors (Lipinski definition) is 2. The van der Waals surface area contributed by atoms with Crippen molar-refractivity contribution in [3.63, 3.8) is 0 Å². The molecule has 0 radical (unpaired) electrons. The number of carboxylic acids is 1. The summed E-state index contributed by atoms with van der Waals surface area (Å²) in [4.78, 5) is 11.2. The van der Waals surface area contributed by atoms with E-state index in [2.05, 4.69) is 18.4 Å². The number of rotatable bonds is 3. The maximum absolute atomic E-state index is 13.8. The summed E-state index contributed by atoms with van der Waals surface area (Å²) in [6, 6.07) is 19.0. The van der Waals surface area contributed by atoms with Gasteiger partial charge in [0, 0.05) is 27.7 Å². The number of nitrogens with zero attached hydrogens (tertiary/aromatic N) is 1. The first kappa shape index (κ1) is 21.9. The van der Waals surface area contributed by atoms with Crippen LogP contribution in [0, 0.1) is 5.82 Å². The maximum Gasteiger partial charge on any atom is 0.335 e. The first-order valence-corrected chi connectivity index (χ1v) is 11.8. The molecule has 0 bridgehead atoms. The van der Waals surface area contributed by atoms with Gasteiger partial charge in [-0.2, -0.15) is 0 Å². The van der Waals surface area contributed by atoms with Crippen LogP contribution in [0.2, 0.25) is 0 Å². The highest BCUT2D eigenvalue weighted by Gasteiger charge is 2.55. The third-order valence-electron chi connectivity index (χ3n) is 7.64. The molecule has 6 rings (SSSR count). The number of phenols is 1. The standard InChI is InChI=1S/C29H26FNO4/c1-28(2)16-35-29(14-19(15-29)17-6-8-18(9-7-17)27(33)34)25-24-22(4-3-5-23(24)32)31(26(25)28)21-12-10-20(30)11-13-21/h3-13,19,32H,14-16H2,1-2H3,(H,33,34)/t19-,29+. The van der Waals surface area contributed by atoms with E-state index in [9.17, 15) is 19.4 Å². The molecule has 1 aromatic heterocycles. The van der Waals surface area contributed by atoms with Crippen LogP contribution in [0.4, 0.5) is 4.39 Å². The van der Waals surface area contributed by atoms with Crippen molar-refractivity contribution in [3.05, 3.63) is 94.9 Å². The average Bonchev–Trinajstić information content (AvgIpc) is 3.17. The molecule has 1 fully saturated rings. The molecule has 1 saturated carbocycles. The van der Waals surface area contributed by atoms with Crippen LogP contribution in [0.3, 0.4) is 0 Å². The molecule has 5 nitrogen and oxygen atoms in total. The van der Waals surface area contributed by atoms with Crippen molar-refractivity contribution < 1.29 is 24.1 Å². The molecule has 0 saturated heterocycles. The van der Waals surface area contributed by atoms with E-state index in [1.807, 2.05) is 24.3 Å². The Morgan fingerprint density at radius 1 is 1.03 bits per heavy atom. The van der Waals surface area contributed by atoms with Crippen LogP contribution in [0.25, 0.3) is 16.6 Å². The minimum atomic E-state index is -0.937. The van der Waals surface area contributed by atoms with E-state index in [0.717, 1.165) is 46.3 Å². The highest BCUT2D eigenvalue weighted by Crippen LogP contribution is 2.61. The van der Waals surface area contributed by atoms with Gasteiger partial charge in [-0.25, -0.2) is 9.18 Å². The summed E-state index contributed by atoms with van der Waals surface area (Å²) in [6.45, 7) is 4.79. The topological polar surface area (TPSA) is 71.7 Å². The summed E-state index contributed by atoms with van der Waals surface area (Å²) in [5.74, 6) is -0.804. The monoisotopic (exact) mass is 471 g/mol. The Hall–Kier alpha value is -3.64. The Labute approximate surface area is 202 Å². The zero-order valence-electron chi connectivity index (χ0n) is 19.6. The number of carboxylic acid groups (broad SMARTS) is 1. The Kier molecular flexibility index (Phi) is 4.64. The van der Waals surface area contributed by atoms with E-state index >= 15 is 0 Å². The number of benzene rings is 3. The summed E-state index contributed by atoms with van der Waals surface area (Å²) in [5.41, 5.74) is 4.26. The van der Waals surface area contributed by atoms with Crippen molar-refractivity contribution >= 4 is 16.9 Å². The molecule has 178 valence electrons. The maximum atomic E-state index is 13.8. The molecule has 1 aliphatic carbocycles. The van der Waals surface area contributed by atoms with Gasteiger partial charge in [0.1, 0.15) is 11.6 Å². The fourth-order valence-corrected chi connectivity index (χ4v) is 5.92. The first-order valence-electron chi connectivity index (χ1n) is 11.8. The number of hydrogen-bond acceptors (Lipinski definition) is 3. The number of halogens is 1. The Morgan fingerprint density at radius 2 is 1.71 bits per heavy atom. The van der Waals surface area contributed by atoms with E-state index in [-0.39, 0.29) is 28.5 Å². The zero-order chi connectivity index (χ0) is 24.5. The van der Waals surface area contributed by atoms with Crippen LogP contribution in [0.1, 0.15) is 59.8 Å². The molecule has 6 heteroatoms. The molecular weight excluding hydrogens is 445 g/mol. The van der Waals surface area contributed by atoms with Crippen molar-refractivity contribution in [2.75, 3.05) is 6.61 Å². The number of aromatic hydroxyl groups is 1. The summed E-state index contributed by atoms with van der Waals surface area (Å²) < 4.78 is 22.5. The number of ether oxygens (including phenoxy) is 1. The Morgan fingerprint density at radius 3 is 2.37 bits per heavy atom. The third-order valence-corrected chi connectivity index (χ3v) is 7.64. The lowest BCUT2D eigenvalue weighted by atomic mass is 9.61. The summed E-state index contributed by atoms with van der Waals surface area (Å²) >= 11 is 0. The van der Waals surface area contributed by atoms with Crippen molar-refractivity contribution in [1.82, 2.24) is 4.57 Å². The minimum Gasteiger partial charge on any atom is -0.507 e. The summed E-state index contributed by atoms with van der Waals surface area (Å²) in [5, 5.41) is 21.0. The van der Waals surface area contributed by atoms with Gasteiger partial charge in [0.15, 0.2) is 0 Å². The van der Waals surface area contributed by atoms with E-state index in [0.29, 0.717) is 6.61 Å². The molecule has 2 heterocycles. The molecule has 2 aliphatic rings.